The number of hydrogen-bond donors (Lipinski definition) is 1. The maximum absolute atomic E-state index is 12.8. The van der Waals surface area contributed by atoms with Crippen LogP contribution in [0.1, 0.15) is 34.3 Å². The van der Waals surface area contributed by atoms with Crippen molar-refractivity contribution in [3.8, 4) is 0 Å². The summed E-state index contributed by atoms with van der Waals surface area (Å²) >= 11 is 0. The second-order valence-electron chi connectivity index (χ2n) is 7.40. The monoisotopic (exact) mass is 385 g/mol. The largest absolute Gasteiger partial charge is 0.345 e. The summed E-state index contributed by atoms with van der Waals surface area (Å²) < 4.78 is 27.2. The Morgan fingerprint density at radius 1 is 1.11 bits per heavy atom. The molecule has 0 aliphatic carbocycles. The molecule has 1 aromatic heterocycles. The number of sulfonamides is 1. The molecule has 2 aliphatic rings. The highest BCUT2D eigenvalue weighted by Crippen LogP contribution is 2.32. The number of aromatic nitrogens is 1. The van der Waals surface area contributed by atoms with E-state index >= 15 is 0 Å². The van der Waals surface area contributed by atoms with Crippen LogP contribution < -0.4 is 5.32 Å². The van der Waals surface area contributed by atoms with Crippen molar-refractivity contribution in [1.82, 2.24) is 14.6 Å². The second kappa shape index (κ2) is 7.05. The third-order valence-corrected chi connectivity index (χ3v) is 7.44. The molecule has 4 rings (SSSR count). The first-order chi connectivity index (χ1) is 13.0. The molecule has 1 fully saturated rings. The van der Waals surface area contributed by atoms with E-state index in [9.17, 15) is 13.2 Å². The lowest BCUT2D eigenvalue weighted by Gasteiger charge is -2.29. The summed E-state index contributed by atoms with van der Waals surface area (Å²) in [5, 5.41) is 3.13. The van der Waals surface area contributed by atoms with Crippen LogP contribution >= 0.6 is 0 Å². The van der Waals surface area contributed by atoms with E-state index in [2.05, 4.69) is 10.3 Å². The van der Waals surface area contributed by atoms with Gasteiger partial charge >= 0.3 is 0 Å². The van der Waals surface area contributed by atoms with Crippen molar-refractivity contribution in [2.45, 2.75) is 31.2 Å². The summed E-state index contributed by atoms with van der Waals surface area (Å²) in [5.41, 5.74) is 2.22. The van der Waals surface area contributed by atoms with Crippen molar-refractivity contribution in [3.05, 3.63) is 65.5 Å². The zero-order chi connectivity index (χ0) is 18.9. The number of benzene rings is 1. The highest BCUT2D eigenvalue weighted by molar-refractivity contribution is 7.89. The van der Waals surface area contributed by atoms with Crippen LogP contribution in [0.4, 0.5) is 0 Å². The van der Waals surface area contributed by atoms with Gasteiger partial charge < -0.3 is 5.32 Å². The molecular formula is C20H23N3O3S. The number of hydrogen-bond acceptors (Lipinski definition) is 4. The summed E-state index contributed by atoms with van der Waals surface area (Å²) in [4.78, 5) is 16.6. The van der Waals surface area contributed by atoms with E-state index in [1.807, 2.05) is 36.4 Å². The number of pyridine rings is 1. The number of fused-ring (bicyclic) bond motifs is 1. The van der Waals surface area contributed by atoms with Crippen molar-refractivity contribution < 1.29 is 13.2 Å². The SMILES string of the molecule is O=C1NC2(CCc3ccccc31)CCN(S(=O)(=O)CCc1ccncc1)C2. The van der Waals surface area contributed by atoms with Gasteiger partial charge in [-0.2, -0.15) is 4.31 Å². The maximum atomic E-state index is 12.8. The van der Waals surface area contributed by atoms with Crippen LogP contribution in [0.25, 0.3) is 0 Å². The fourth-order valence-electron chi connectivity index (χ4n) is 4.01. The van der Waals surface area contributed by atoms with Gasteiger partial charge in [0.25, 0.3) is 5.91 Å². The molecule has 1 unspecified atom stereocenters. The normalized spacial score (nSPS) is 23.0. The van der Waals surface area contributed by atoms with Gasteiger partial charge in [0.2, 0.25) is 10.0 Å². The molecule has 1 N–H and O–H groups in total. The predicted octanol–water partition coefficient (Wildman–Crippen LogP) is 1.77. The van der Waals surface area contributed by atoms with Crippen LogP contribution in [0, 0.1) is 0 Å². The molecule has 1 spiro atoms. The van der Waals surface area contributed by atoms with Crippen LogP contribution in [-0.2, 0) is 22.9 Å². The van der Waals surface area contributed by atoms with E-state index in [-0.39, 0.29) is 11.7 Å². The maximum Gasteiger partial charge on any atom is 0.252 e. The summed E-state index contributed by atoms with van der Waals surface area (Å²) in [5.74, 6) is -0.0273. The highest BCUT2D eigenvalue weighted by Gasteiger charge is 2.44. The van der Waals surface area contributed by atoms with Crippen LogP contribution in [0.3, 0.4) is 0 Å². The third-order valence-electron chi connectivity index (χ3n) is 5.62. The Bertz CT molecular complexity index is 946. The van der Waals surface area contributed by atoms with Gasteiger partial charge in [-0.05, 0) is 55.0 Å². The number of aryl methyl sites for hydroxylation is 2. The number of rotatable bonds is 4. The predicted molar refractivity (Wildman–Crippen MR) is 103 cm³/mol. The van der Waals surface area contributed by atoms with Gasteiger partial charge in [-0.15, -0.1) is 0 Å². The van der Waals surface area contributed by atoms with Crippen molar-refractivity contribution in [3.63, 3.8) is 0 Å². The Kier molecular flexibility index (Phi) is 4.74. The molecule has 27 heavy (non-hydrogen) atoms. The Labute approximate surface area is 159 Å². The average molecular weight is 385 g/mol. The Morgan fingerprint density at radius 2 is 1.89 bits per heavy atom. The molecule has 7 heteroatoms. The summed E-state index contributed by atoms with van der Waals surface area (Å²) in [6.45, 7) is 0.806. The minimum atomic E-state index is -3.37. The van der Waals surface area contributed by atoms with Gasteiger partial charge in [0.15, 0.2) is 0 Å². The molecular weight excluding hydrogens is 362 g/mol. The number of nitrogens with one attached hydrogen (secondary N) is 1. The topological polar surface area (TPSA) is 79.4 Å². The molecule has 0 saturated carbocycles. The third kappa shape index (κ3) is 3.75. The molecule has 1 amide bonds. The van der Waals surface area contributed by atoms with E-state index in [1.54, 1.807) is 16.7 Å². The van der Waals surface area contributed by atoms with Crippen LogP contribution in [0.5, 0.6) is 0 Å². The Hall–Kier alpha value is -2.25. The van der Waals surface area contributed by atoms with Crippen molar-refractivity contribution >= 4 is 15.9 Å². The van der Waals surface area contributed by atoms with Gasteiger partial charge in [-0.3, -0.25) is 9.78 Å². The van der Waals surface area contributed by atoms with E-state index in [0.717, 1.165) is 24.0 Å². The van der Waals surface area contributed by atoms with Crippen molar-refractivity contribution in [2.75, 3.05) is 18.8 Å². The molecule has 1 atom stereocenters. The minimum absolute atomic E-state index is 0.0707. The molecule has 1 saturated heterocycles. The number of carbonyl (C=O) groups excluding carboxylic acids is 1. The first-order valence-electron chi connectivity index (χ1n) is 9.25. The van der Waals surface area contributed by atoms with Crippen LogP contribution in [0.2, 0.25) is 0 Å². The second-order valence-corrected chi connectivity index (χ2v) is 9.49. The lowest BCUT2D eigenvalue weighted by Crippen LogP contribution is -2.50. The molecule has 1 aromatic carbocycles. The van der Waals surface area contributed by atoms with Gasteiger partial charge in [0.1, 0.15) is 0 Å². The standard InChI is InChI=1S/C20H23N3O3S/c24-19-18-4-2-1-3-17(18)5-9-20(22-19)10-13-23(15-20)27(25,26)14-8-16-6-11-21-12-7-16/h1-4,6-7,11-12H,5,8-10,13-15H2,(H,22,24). The van der Waals surface area contributed by atoms with Crippen LogP contribution in [0.15, 0.2) is 48.8 Å². The number of amides is 1. The van der Waals surface area contributed by atoms with Gasteiger partial charge in [-0.1, -0.05) is 18.2 Å². The zero-order valence-electron chi connectivity index (χ0n) is 15.1. The van der Waals surface area contributed by atoms with E-state index in [0.29, 0.717) is 31.5 Å². The van der Waals surface area contributed by atoms with Crippen LogP contribution in [-0.4, -0.2) is 48.0 Å². The quantitative estimate of drug-likeness (QED) is 0.870. The molecule has 0 radical (unpaired) electrons. The summed E-state index contributed by atoms with van der Waals surface area (Å²) in [7, 11) is -3.37. The van der Waals surface area contributed by atoms with Gasteiger partial charge in [0.05, 0.1) is 11.3 Å². The average Bonchev–Trinajstić information content (AvgIpc) is 3.05. The zero-order valence-corrected chi connectivity index (χ0v) is 15.9. The van der Waals surface area contributed by atoms with E-state index in [1.165, 1.54) is 0 Å². The smallest absolute Gasteiger partial charge is 0.252 e. The fraction of sp³-hybridized carbons (Fsp3) is 0.400. The van der Waals surface area contributed by atoms with E-state index in [4.69, 9.17) is 0 Å². The molecule has 2 aliphatic heterocycles. The molecule has 3 heterocycles. The summed E-state index contributed by atoms with van der Waals surface area (Å²) in [6.07, 6.45) is 6.00. The van der Waals surface area contributed by atoms with Crippen molar-refractivity contribution in [1.29, 1.82) is 0 Å². The summed E-state index contributed by atoms with van der Waals surface area (Å²) in [6, 6.07) is 11.3. The molecule has 142 valence electrons. The Balaban J connectivity index is 1.46. The number of nitrogens with zero attached hydrogens (tertiary/aromatic N) is 2. The Morgan fingerprint density at radius 3 is 2.70 bits per heavy atom. The van der Waals surface area contributed by atoms with Gasteiger partial charge in [-0.25, -0.2) is 8.42 Å². The molecule has 6 nitrogen and oxygen atoms in total. The first-order valence-corrected chi connectivity index (χ1v) is 10.9. The first kappa shape index (κ1) is 18.1. The lowest BCUT2D eigenvalue weighted by atomic mass is 9.92. The fourth-order valence-corrected chi connectivity index (χ4v) is 5.57. The van der Waals surface area contributed by atoms with E-state index < -0.39 is 15.6 Å². The molecule has 0 bridgehead atoms. The van der Waals surface area contributed by atoms with Gasteiger partial charge in [0, 0.05) is 31.0 Å². The minimum Gasteiger partial charge on any atom is -0.345 e. The highest BCUT2D eigenvalue weighted by atomic mass is 32.2. The molecule has 2 aromatic rings. The lowest BCUT2D eigenvalue weighted by molar-refractivity contribution is 0.0906. The number of carbonyl (C=O) groups is 1. The van der Waals surface area contributed by atoms with Crippen molar-refractivity contribution in [2.24, 2.45) is 0 Å².